The zero-order valence-electron chi connectivity index (χ0n) is 17.3. The Morgan fingerprint density at radius 3 is 2.34 bits per heavy atom. The predicted octanol–water partition coefficient (Wildman–Crippen LogP) is 3.89. The van der Waals surface area contributed by atoms with Crippen molar-refractivity contribution in [3.63, 3.8) is 0 Å². The van der Waals surface area contributed by atoms with E-state index >= 15 is 0 Å². The highest BCUT2D eigenvalue weighted by Crippen LogP contribution is 2.40. The third-order valence-electron chi connectivity index (χ3n) is 6.43. The molecule has 2 aliphatic rings. The normalized spacial score (nSPS) is 19.5. The van der Waals surface area contributed by atoms with Gasteiger partial charge in [0.1, 0.15) is 5.75 Å². The number of hydrogen-bond donors (Lipinski definition) is 0. The number of nitrogens with zero attached hydrogens (tertiary/aromatic N) is 3. The Hall–Kier alpha value is -2.40. The average Bonchev–Trinajstić information content (AvgIpc) is 2.75. The summed E-state index contributed by atoms with van der Waals surface area (Å²) >= 11 is 0. The van der Waals surface area contributed by atoms with Crippen molar-refractivity contribution in [2.24, 2.45) is 5.41 Å². The van der Waals surface area contributed by atoms with Gasteiger partial charge < -0.3 is 9.64 Å². The summed E-state index contributed by atoms with van der Waals surface area (Å²) in [5.74, 6) is 1.24. The summed E-state index contributed by atoms with van der Waals surface area (Å²) in [6.07, 6.45) is 7.67. The smallest absolute Gasteiger partial charge is 0.222 e. The molecule has 1 aromatic heterocycles. The summed E-state index contributed by atoms with van der Waals surface area (Å²) in [6.45, 7) is 7.50. The largest absolute Gasteiger partial charge is 0.494 e. The van der Waals surface area contributed by atoms with E-state index in [2.05, 4.69) is 39.0 Å². The van der Waals surface area contributed by atoms with Crippen molar-refractivity contribution >= 4 is 5.91 Å². The number of aromatic nitrogens is 1. The summed E-state index contributed by atoms with van der Waals surface area (Å²) in [7, 11) is 0. The number of hydrogen-bond acceptors (Lipinski definition) is 4. The Labute approximate surface area is 173 Å². The van der Waals surface area contributed by atoms with E-state index in [1.54, 1.807) is 12.4 Å². The van der Waals surface area contributed by atoms with Crippen molar-refractivity contribution in [3.05, 3.63) is 59.9 Å². The second-order valence-electron chi connectivity index (χ2n) is 8.46. The number of benzene rings is 1. The quantitative estimate of drug-likeness (QED) is 0.747. The zero-order chi connectivity index (χ0) is 20.1. The van der Waals surface area contributed by atoms with E-state index in [-0.39, 0.29) is 5.41 Å². The lowest BCUT2D eigenvalue weighted by Gasteiger charge is -2.47. The molecule has 0 atom stereocenters. The maximum atomic E-state index is 12.5. The average molecular weight is 394 g/mol. The lowest BCUT2D eigenvalue weighted by Crippen LogP contribution is -2.51. The fourth-order valence-corrected chi connectivity index (χ4v) is 4.66. The molecule has 1 amide bonds. The first kappa shape index (κ1) is 19.9. The minimum Gasteiger partial charge on any atom is -0.494 e. The van der Waals surface area contributed by atoms with Crippen LogP contribution in [0.1, 0.15) is 43.7 Å². The molecule has 5 nitrogen and oxygen atoms in total. The highest BCUT2D eigenvalue weighted by atomic mass is 16.5. The van der Waals surface area contributed by atoms with Crippen LogP contribution in [-0.4, -0.2) is 46.9 Å². The third kappa shape index (κ3) is 4.96. The van der Waals surface area contributed by atoms with Crippen molar-refractivity contribution in [2.75, 3.05) is 26.2 Å². The Morgan fingerprint density at radius 2 is 1.66 bits per heavy atom. The number of pyridine rings is 1. The van der Waals surface area contributed by atoms with Crippen LogP contribution < -0.4 is 4.74 Å². The van der Waals surface area contributed by atoms with Crippen molar-refractivity contribution < 1.29 is 9.53 Å². The van der Waals surface area contributed by atoms with Crippen LogP contribution in [-0.2, 0) is 17.9 Å². The number of ether oxygens (including phenoxy) is 1. The minimum absolute atomic E-state index is 0.288. The van der Waals surface area contributed by atoms with Crippen LogP contribution in [0.4, 0.5) is 0 Å². The molecule has 4 rings (SSSR count). The van der Waals surface area contributed by atoms with Crippen LogP contribution in [0.3, 0.4) is 0 Å². The van der Waals surface area contributed by atoms with Gasteiger partial charge in [0.2, 0.25) is 5.91 Å². The Balaban J connectivity index is 1.32. The first-order valence-electron chi connectivity index (χ1n) is 10.8. The minimum atomic E-state index is 0.288. The number of carbonyl (C=O) groups excluding carboxylic acids is 1. The molecule has 2 aromatic rings. The van der Waals surface area contributed by atoms with Gasteiger partial charge in [-0.3, -0.25) is 14.7 Å². The van der Waals surface area contributed by atoms with Gasteiger partial charge >= 0.3 is 0 Å². The van der Waals surface area contributed by atoms with Crippen LogP contribution in [0.2, 0.25) is 0 Å². The first-order valence-corrected chi connectivity index (χ1v) is 10.8. The van der Waals surface area contributed by atoms with Gasteiger partial charge in [0.05, 0.1) is 6.61 Å². The molecule has 1 aromatic carbocycles. The van der Waals surface area contributed by atoms with Crippen molar-refractivity contribution in [1.29, 1.82) is 0 Å². The van der Waals surface area contributed by atoms with E-state index in [1.165, 1.54) is 24.0 Å². The maximum absolute atomic E-state index is 12.5. The van der Waals surface area contributed by atoms with Crippen LogP contribution in [0.5, 0.6) is 5.75 Å². The molecule has 154 valence electrons. The van der Waals surface area contributed by atoms with E-state index < -0.39 is 0 Å². The maximum Gasteiger partial charge on any atom is 0.222 e. The topological polar surface area (TPSA) is 45.7 Å². The molecule has 3 heterocycles. The van der Waals surface area contributed by atoms with E-state index in [4.69, 9.17) is 4.74 Å². The van der Waals surface area contributed by atoms with Crippen LogP contribution in [0.15, 0.2) is 48.8 Å². The summed E-state index contributed by atoms with van der Waals surface area (Å²) in [4.78, 5) is 21.2. The van der Waals surface area contributed by atoms with E-state index in [0.29, 0.717) is 25.5 Å². The SMILES string of the molecule is CCOc1ccc(CN2CCC3(CCC(=O)N(Cc4ccncc4)C3)CC2)cc1. The molecule has 29 heavy (non-hydrogen) atoms. The summed E-state index contributed by atoms with van der Waals surface area (Å²) in [6, 6.07) is 12.5. The second-order valence-corrected chi connectivity index (χ2v) is 8.46. The Kier molecular flexibility index (Phi) is 6.14. The molecule has 2 aliphatic heterocycles. The van der Waals surface area contributed by atoms with Crippen molar-refractivity contribution in [3.8, 4) is 5.75 Å². The van der Waals surface area contributed by atoms with Gasteiger partial charge in [0.25, 0.3) is 0 Å². The number of piperidine rings is 2. The van der Waals surface area contributed by atoms with Crippen LogP contribution in [0.25, 0.3) is 0 Å². The number of likely N-dealkylation sites (tertiary alicyclic amines) is 2. The van der Waals surface area contributed by atoms with Gasteiger partial charge in [-0.1, -0.05) is 12.1 Å². The van der Waals surface area contributed by atoms with Crippen LogP contribution in [0, 0.1) is 5.41 Å². The molecular weight excluding hydrogens is 362 g/mol. The van der Waals surface area contributed by atoms with Crippen LogP contribution >= 0.6 is 0 Å². The third-order valence-corrected chi connectivity index (χ3v) is 6.43. The summed E-state index contributed by atoms with van der Waals surface area (Å²) in [5, 5.41) is 0. The molecule has 2 fully saturated rings. The fourth-order valence-electron chi connectivity index (χ4n) is 4.66. The van der Waals surface area contributed by atoms with E-state index in [1.807, 2.05) is 19.1 Å². The van der Waals surface area contributed by atoms with E-state index in [9.17, 15) is 4.79 Å². The van der Waals surface area contributed by atoms with Gasteiger partial charge in [0.15, 0.2) is 0 Å². The molecule has 0 bridgehead atoms. The lowest BCUT2D eigenvalue weighted by atomic mass is 9.72. The van der Waals surface area contributed by atoms with Gasteiger partial charge in [-0.2, -0.15) is 0 Å². The molecular formula is C24H31N3O2. The summed E-state index contributed by atoms with van der Waals surface area (Å²) in [5.41, 5.74) is 2.79. The highest BCUT2D eigenvalue weighted by molar-refractivity contribution is 5.77. The van der Waals surface area contributed by atoms with Crippen molar-refractivity contribution in [1.82, 2.24) is 14.8 Å². The predicted molar refractivity (Wildman–Crippen MR) is 113 cm³/mol. The van der Waals surface area contributed by atoms with Gasteiger partial charge in [-0.25, -0.2) is 0 Å². The second kappa shape index (κ2) is 8.95. The molecule has 0 N–H and O–H groups in total. The lowest BCUT2D eigenvalue weighted by molar-refractivity contribution is -0.140. The van der Waals surface area contributed by atoms with Crippen molar-refractivity contribution in [2.45, 2.75) is 45.7 Å². The fraction of sp³-hybridized carbons (Fsp3) is 0.500. The first-order chi connectivity index (χ1) is 14.2. The summed E-state index contributed by atoms with van der Waals surface area (Å²) < 4.78 is 5.54. The standard InChI is InChI=1S/C24H31N3O2/c1-2-29-22-5-3-20(4-6-22)17-26-15-11-24(12-16-26)10-7-23(28)27(19-24)18-21-8-13-25-14-9-21/h3-6,8-9,13-14H,2,7,10-12,15-19H2,1H3. The monoisotopic (exact) mass is 393 g/mol. The Bertz CT molecular complexity index is 799. The van der Waals surface area contributed by atoms with Gasteiger partial charge in [0, 0.05) is 38.4 Å². The molecule has 0 radical (unpaired) electrons. The Morgan fingerprint density at radius 1 is 0.966 bits per heavy atom. The van der Waals surface area contributed by atoms with Gasteiger partial charge in [-0.15, -0.1) is 0 Å². The van der Waals surface area contributed by atoms with Gasteiger partial charge in [-0.05, 0) is 80.1 Å². The molecule has 0 saturated carbocycles. The molecule has 1 spiro atoms. The van der Waals surface area contributed by atoms with E-state index in [0.717, 1.165) is 38.3 Å². The number of carbonyl (C=O) groups is 1. The number of rotatable bonds is 6. The molecule has 5 heteroatoms. The molecule has 0 unspecified atom stereocenters. The zero-order valence-corrected chi connectivity index (χ0v) is 17.3. The highest BCUT2D eigenvalue weighted by Gasteiger charge is 2.40. The molecule has 0 aliphatic carbocycles. The number of amides is 1. The molecule has 2 saturated heterocycles.